The minimum Gasteiger partial charge on any atom is -0.469 e. The van der Waals surface area contributed by atoms with Crippen LogP contribution in [0.4, 0.5) is 0 Å². The largest absolute Gasteiger partial charge is 0.469 e. The van der Waals surface area contributed by atoms with E-state index in [9.17, 15) is 13.2 Å². The van der Waals surface area contributed by atoms with Crippen molar-refractivity contribution in [2.45, 2.75) is 44.0 Å². The molecule has 10 heteroatoms. The molecule has 8 nitrogen and oxygen atoms in total. The number of sulfonamides is 1. The van der Waals surface area contributed by atoms with Crippen LogP contribution in [0.5, 0.6) is 0 Å². The predicted molar refractivity (Wildman–Crippen MR) is 119 cm³/mol. The van der Waals surface area contributed by atoms with Gasteiger partial charge in [0.15, 0.2) is 0 Å². The average molecular weight is 463 g/mol. The summed E-state index contributed by atoms with van der Waals surface area (Å²) in [7, 11) is -1.94. The molecule has 0 aromatic carbocycles. The number of amides is 1. The standard InChI is InChI=1S/C21H26N4O4S2/c1-14(11-16-7-6-10-29-16)23-31(27,28)17-12-18(24(3)13-17)20-22-15(2)19(30-20)21(26)25-8-4-5-9-25/h6-7,10,12-14,23H,4-5,8-9,11H2,1-3H3. The fourth-order valence-corrected chi connectivity index (χ4v) is 6.17. The number of thiazole rings is 1. The SMILES string of the molecule is Cc1nc(-c2cc(S(=O)(=O)NC(C)Cc3ccco3)cn2C)sc1C(=O)N1CCCC1. The first-order valence-electron chi connectivity index (χ1n) is 10.2. The van der Waals surface area contributed by atoms with Crippen LogP contribution in [0.1, 0.15) is 40.9 Å². The van der Waals surface area contributed by atoms with Crippen molar-refractivity contribution in [2.75, 3.05) is 13.1 Å². The Hall–Kier alpha value is -2.43. The number of hydrogen-bond acceptors (Lipinski definition) is 6. The van der Waals surface area contributed by atoms with Gasteiger partial charge in [0, 0.05) is 38.8 Å². The van der Waals surface area contributed by atoms with E-state index >= 15 is 0 Å². The molecule has 1 N–H and O–H groups in total. The maximum atomic E-state index is 12.9. The van der Waals surface area contributed by atoms with Gasteiger partial charge in [0.2, 0.25) is 10.0 Å². The van der Waals surface area contributed by atoms with Gasteiger partial charge < -0.3 is 13.9 Å². The lowest BCUT2D eigenvalue weighted by Gasteiger charge is -2.13. The van der Waals surface area contributed by atoms with Gasteiger partial charge in [-0.05, 0) is 44.9 Å². The van der Waals surface area contributed by atoms with Crippen LogP contribution in [0.25, 0.3) is 10.7 Å². The Bertz CT molecular complexity index is 1170. The van der Waals surface area contributed by atoms with Crippen LogP contribution >= 0.6 is 11.3 Å². The maximum absolute atomic E-state index is 12.9. The van der Waals surface area contributed by atoms with Gasteiger partial charge in [-0.1, -0.05) is 0 Å². The van der Waals surface area contributed by atoms with Crippen molar-refractivity contribution in [3.63, 3.8) is 0 Å². The van der Waals surface area contributed by atoms with E-state index in [2.05, 4.69) is 9.71 Å². The van der Waals surface area contributed by atoms with E-state index < -0.39 is 10.0 Å². The molecule has 1 fully saturated rings. The van der Waals surface area contributed by atoms with E-state index in [1.807, 2.05) is 17.9 Å². The van der Waals surface area contributed by atoms with Crippen molar-refractivity contribution in [1.82, 2.24) is 19.2 Å². The molecule has 1 unspecified atom stereocenters. The van der Waals surface area contributed by atoms with Crippen LogP contribution in [-0.4, -0.2) is 47.9 Å². The van der Waals surface area contributed by atoms with Crippen LogP contribution in [0.2, 0.25) is 0 Å². The fraction of sp³-hybridized carbons (Fsp3) is 0.429. The number of carbonyl (C=O) groups is 1. The second kappa shape index (κ2) is 8.60. The summed E-state index contributed by atoms with van der Waals surface area (Å²) in [5.41, 5.74) is 1.33. The summed E-state index contributed by atoms with van der Waals surface area (Å²) in [4.78, 5) is 20.0. The Morgan fingerprint density at radius 3 is 2.77 bits per heavy atom. The van der Waals surface area contributed by atoms with Gasteiger partial charge >= 0.3 is 0 Å². The highest BCUT2D eigenvalue weighted by Crippen LogP contribution is 2.31. The number of likely N-dealkylation sites (tertiary alicyclic amines) is 1. The fourth-order valence-electron chi connectivity index (χ4n) is 3.77. The topological polar surface area (TPSA) is 97.4 Å². The average Bonchev–Trinajstić information content (AvgIpc) is 3.48. The van der Waals surface area contributed by atoms with E-state index in [1.165, 1.54) is 11.3 Å². The molecular formula is C21H26N4O4S2. The van der Waals surface area contributed by atoms with Crippen molar-refractivity contribution < 1.29 is 17.6 Å². The summed E-state index contributed by atoms with van der Waals surface area (Å²) in [6.45, 7) is 5.17. The second-order valence-electron chi connectivity index (χ2n) is 7.91. The van der Waals surface area contributed by atoms with Crippen LogP contribution in [0, 0.1) is 6.92 Å². The number of hydrogen-bond donors (Lipinski definition) is 1. The van der Waals surface area contributed by atoms with Gasteiger partial charge in [0.25, 0.3) is 5.91 Å². The van der Waals surface area contributed by atoms with E-state index in [1.54, 1.807) is 43.1 Å². The van der Waals surface area contributed by atoms with E-state index in [0.717, 1.165) is 31.7 Å². The highest BCUT2D eigenvalue weighted by atomic mass is 32.2. The van der Waals surface area contributed by atoms with Gasteiger partial charge in [0.05, 0.1) is 17.7 Å². The molecule has 1 amide bonds. The third-order valence-electron chi connectivity index (χ3n) is 5.34. The summed E-state index contributed by atoms with van der Waals surface area (Å²) in [6, 6.07) is 4.87. The zero-order chi connectivity index (χ0) is 22.2. The molecule has 4 heterocycles. The minimum atomic E-state index is -3.72. The van der Waals surface area contributed by atoms with Crippen molar-refractivity contribution in [2.24, 2.45) is 7.05 Å². The molecule has 1 aliphatic heterocycles. The van der Waals surface area contributed by atoms with Gasteiger partial charge in [-0.3, -0.25) is 4.79 Å². The number of aromatic nitrogens is 2. The number of carbonyl (C=O) groups excluding carboxylic acids is 1. The monoisotopic (exact) mass is 462 g/mol. The lowest BCUT2D eigenvalue weighted by Crippen LogP contribution is -2.33. The summed E-state index contributed by atoms with van der Waals surface area (Å²) in [5, 5.41) is 0.632. The van der Waals surface area contributed by atoms with Crippen molar-refractivity contribution >= 4 is 27.3 Å². The van der Waals surface area contributed by atoms with Gasteiger partial charge in [-0.25, -0.2) is 18.1 Å². The molecule has 4 rings (SSSR count). The third-order valence-corrected chi connectivity index (χ3v) is 8.06. The molecule has 1 aliphatic rings. The zero-order valence-corrected chi connectivity index (χ0v) is 19.4. The maximum Gasteiger partial charge on any atom is 0.265 e. The van der Waals surface area contributed by atoms with Crippen LogP contribution < -0.4 is 4.72 Å². The number of furan rings is 1. The second-order valence-corrected chi connectivity index (χ2v) is 10.6. The molecule has 0 spiro atoms. The lowest BCUT2D eigenvalue weighted by atomic mass is 10.2. The van der Waals surface area contributed by atoms with Gasteiger partial charge in [-0.15, -0.1) is 11.3 Å². The number of nitrogens with one attached hydrogen (secondary N) is 1. The summed E-state index contributed by atoms with van der Waals surface area (Å²) < 4.78 is 35.5. The highest BCUT2D eigenvalue weighted by Gasteiger charge is 2.26. The predicted octanol–water partition coefficient (Wildman–Crippen LogP) is 3.20. The quantitative estimate of drug-likeness (QED) is 0.582. The van der Waals surface area contributed by atoms with E-state index in [4.69, 9.17) is 4.42 Å². The number of aryl methyl sites for hydroxylation is 2. The highest BCUT2D eigenvalue weighted by molar-refractivity contribution is 7.89. The molecule has 3 aromatic rings. The van der Waals surface area contributed by atoms with Crippen molar-refractivity contribution in [3.8, 4) is 10.7 Å². The first-order chi connectivity index (χ1) is 14.7. The molecule has 1 atom stereocenters. The molecule has 31 heavy (non-hydrogen) atoms. The van der Waals surface area contributed by atoms with Crippen LogP contribution in [0.3, 0.4) is 0 Å². The van der Waals surface area contributed by atoms with Gasteiger partial charge in [0.1, 0.15) is 20.5 Å². The summed E-state index contributed by atoms with van der Waals surface area (Å²) in [5.74, 6) is 0.728. The molecular weight excluding hydrogens is 436 g/mol. The lowest BCUT2D eigenvalue weighted by molar-refractivity contribution is 0.0796. The Kier molecular flexibility index (Phi) is 6.05. The van der Waals surface area contributed by atoms with Crippen molar-refractivity contribution in [1.29, 1.82) is 0 Å². The van der Waals surface area contributed by atoms with E-state index in [-0.39, 0.29) is 16.8 Å². The molecule has 0 radical (unpaired) electrons. The Labute approximate surface area is 185 Å². The molecule has 0 bridgehead atoms. The summed E-state index contributed by atoms with van der Waals surface area (Å²) >= 11 is 1.31. The number of rotatable bonds is 7. The molecule has 3 aromatic heterocycles. The minimum absolute atomic E-state index is 0.00854. The molecule has 0 saturated carbocycles. The third kappa shape index (κ3) is 4.60. The van der Waals surface area contributed by atoms with Crippen LogP contribution in [0.15, 0.2) is 40.0 Å². The smallest absolute Gasteiger partial charge is 0.265 e. The first kappa shape index (κ1) is 21.8. The normalized spacial score (nSPS) is 15.5. The van der Waals surface area contributed by atoms with E-state index in [0.29, 0.717) is 27.7 Å². The number of nitrogens with zero attached hydrogens (tertiary/aromatic N) is 3. The Balaban J connectivity index is 1.54. The Morgan fingerprint density at radius 2 is 2.10 bits per heavy atom. The van der Waals surface area contributed by atoms with Crippen LogP contribution in [-0.2, 0) is 23.5 Å². The summed E-state index contributed by atoms with van der Waals surface area (Å²) in [6.07, 6.45) is 5.65. The first-order valence-corrected chi connectivity index (χ1v) is 12.5. The van der Waals surface area contributed by atoms with Gasteiger partial charge in [-0.2, -0.15) is 0 Å². The molecule has 166 valence electrons. The van der Waals surface area contributed by atoms with Crippen molar-refractivity contribution in [3.05, 3.63) is 47.0 Å². The molecule has 0 aliphatic carbocycles. The zero-order valence-electron chi connectivity index (χ0n) is 17.8. The Morgan fingerprint density at radius 1 is 1.35 bits per heavy atom. The molecule has 1 saturated heterocycles.